The fourth-order valence-corrected chi connectivity index (χ4v) is 5.46. The van der Waals surface area contributed by atoms with Crippen molar-refractivity contribution in [3.8, 4) is 5.75 Å². The normalized spacial score (nSPS) is 25.1. The third-order valence-electron chi connectivity index (χ3n) is 3.91. The van der Waals surface area contributed by atoms with E-state index in [-0.39, 0.29) is 11.5 Å². The van der Waals surface area contributed by atoms with Crippen molar-refractivity contribution in [1.82, 2.24) is 9.55 Å². The molecule has 5 nitrogen and oxygen atoms in total. The number of sulfone groups is 1. The largest absolute Gasteiger partial charge is 0.497 e. The second-order valence-corrected chi connectivity index (χ2v) is 8.06. The van der Waals surface area contributed by atoms with Crippen LogP contribution < -0.4 is 4.74 Å². The molecule has 0 bridgehead atoms. The zero-order valence-electron chi connectivity index (χ0n) is 11.3. The second-order valence-electron chi connectivity index (χ2n) is 5.49. The maximum Gasteiger partial charge on any atom is 0.178 e. The van der Waals surface area contributed by atoms with Gasteiger partial charge in [-0.15, -0.1) is 0 Å². The minimum atomic E-state index is -2.99. The first-order chi connectivity index (χ1) is 9.35. The average molecular weight is 312 g/mol. The second kappa shape index (κ2) is 4.33. The standard InChI is InChI=1S/C13H16N2O3S2/c1-13(5-6-20(16,17)8-13)15-11-7-9(18-2)3-4-10(11)14-12(15)19/h3-4,7H,5-6,8H2,1-2H3,(H,14,19). The summed E-state index contributed by atoms with van der Waals surface area (Å²) in [6.07, 6.45) is 0.577. The number of hydrogen-bond acceptors (Lipinski definition) is 4. The fraction of sp³-hybridized carbons (Fsp3) is 0.462. The summed E-state index contributed by atoms with van der Waals surface area (Å²) in [4.78, 5) is 3.14. The first-order valence-electron chi connectivity index (χ1n) is 6.34. The predicted octanol–water partition coefficient (Wildman–Crippen LogP) is 2.24. The van der Waals surface area contributed by atoms with Gasteiger partial charge in [0.15, 0.2) is 14.6 Å². The van der Waals surface area contributed by atoms with Crippen LogP contribution in [-0.2, 0) is 15.4 Å². The summed E-state index contributed by atoms with van der Waals surface area (Å²) in [5.74, 6) is 1.06. The van der Waals surface area contributed by atoms with Gasteiger partial charge >= 0.3 is 0 Å². The van der Waals surface area contributed by atoms with Gasteiger partial charge in [-0.05, 0) is 37.7 Å². The van der Waals surface area contributed by atoms with Crippen molar-refractivity contribution in [1.29, 1.82) is 0 Å². The Labute approximate surface area is 122 Å². The number of H-pyrrole nitrogens is 1. The number of nitrogens with zero attached hydrogens (tertiary/aromatic N) is 1. The lowest BCUT2D eigenvalue weighted by atomic mass is 10.0. The summed E-state index contributed by atoms with van der Waals surface area (Å²) in [7, 11) is -1.39. The number of aromatic amines is 1. The van der Waals surface area contributed by atoms with Crippen molar-refractivity contribution in [2.75, 3.05) is 18.6 Å². The van der Waals surface area contributed by atoms with Crippen molar-refractivity contribution >= 4 is 33.1 Å². The highest BCUT2D eigenvalue weighted by molar-refractivity contribution is 7.91. The Morgan fingerprint density at radius 1 is 1.45 bits per heavy atom. The van der Waals surface area contributed by atoms with Crippen molar-refractivity contribution in [3.63, 3.8) is 0 Å². The van der Waals surface area contributed by atoms with E-state index < -0.39 is 15.4 Å². The fourth-order valence-electron chi connectivity index (χ4n) is 2.92. The molecule has 7 heteroatoms. The number of fused-ring (bicyclic) bond motifs is 1. The third-order valence-corrected chi connectivity index (χ3v) is 6.09. The maximum absolute atomic E-state index is 11.8. The molecule has 3 rings (SSSR count). The lowest BCUT2D eigenvalue weighted by Crippen LogP contribution is -2.31. The summed E-state index contributed by atoms with van der Waals surface area (Å²) in [5.41, 5.74) is 1.27. The molecule has 20 heavy (non-hydrogen) atoms. The summed E-state index contributed by atoms with van der Waals surface area (Å²) >= 11 is 5.39. The van der Waals surface area contributed by atoms with Crippen molar-refractivity contribution in [3.05, 3.63) is 23.0 Å². The molecule has 0 spiro atoms. The molecule has 1 aromatic carbocycles. The predicted molar refractivity (Wildman–Crippen MR) is 80.6 cm³/mol. The van der Waals surface area contributed by atoms with Crippen LogP contribution in [-0.4, -0.2) is 36.6 Å². The molecule has 0 saturated carbocycles. The van der Waals surface area contributed by atoms with Gasteiger partial charge in [0.1, 0.15) is 5.75 Å². The molecular formula is C13H16N2O3S2. The number of ether oxygens (including phenoxy) is 1. The van der Waals surface area contributed by atoms with E-state index in [9.17, 15) is 8.42 Å². The molecule has 1 aliphatic rings. The van der Waals surface area contributed by atoms with Crippen molar-refractivity contribution in [2.24, 2.45) is 0 Å². The van der Waals surface area contributed by atoms with E-state index in [4.69, 9.17) is 17.0 Å². The Morgan fingerprint density at radius 2 is 2.20 bits per heavy atom. The molecule has 1 fully saturated rings. The third kappa shape index (κ3) is 2.05. The first kappa shape index (κ1) is 13.6. The van der Waals surface area contributed by atoms with E-state index in [1.807, 2.05) is 29.7 Å². The van der Waals surface area contributed by atoms with Gasteiger partial charge in [-0.2, -0.15) is 0 Å². The Balaban J connectivity index is 2.26. The summed E-state index contributed by atoms with van der Waals surface area (Å²) in [6.45, 7) is 1.94. The Bertz CT molecular complexity index is 835. The van der Waals surface area contributed by atoms with Crippen molar-refractivity contribution in [2.45, 2.75) is 18.9 Å². The van der Waals surface area contributed by atoms with E-state index >= 15 is 0 Å². The monoisotopic (exact) mass is 312 g/mol. The molecule has 2 aromatic rings. The van der Waals surface area contributed by atoms with E-state index in [2.05, 4.69) is 4.98 Å². The molecule has 108 valence electrons. The molecular weight excluding hydrogens is 296 g/mol. The van der Waals surface area contributed by atoms with E-state index in [1.54, 1.807) is 7.11 Å². The number of rotatable bonds is 2. The Hall–Kier alpha value is -1.34. The van der Waals surface area contributed by atoms with Gasteiger partial charge in [-0.1, -0.05) is 0 Å². The first-order valence-corrected chi connectivity index (χ1v) is 8.57. The highest BCUT2D eigenvalue weighted by Gasteiger charge is 2.41. The molecule has 1 aromatic heterocycles. The van der Waals surface area contributed by atoms with Crippen LogP contribution in [0, 0.1) is 4.77 Å². The molecule has 1 N–H and O–H groups in total. The quantitative estimate of drug-likeness (QED) is 0.864. The lowest BCUT2D eigenvalue weighted by Gasteiger charge is -2.25. The average Bonchev–Trinajstić information content (AvgIpc) is 2.85. The van der Waals surface area contributed by atoms with Crippen LogP contribution in [0.4, 0.5) is 0 Å². The molecule has 0 amide bonds. The topological polar surface area (TPSA) is 64.1 Å². The van der Waals surface area contributed by atoms with Crippen LogP contribution in [0.25, 0.3) is 11.0 Å². The van der Waals surface area contributed by atoms with Crippen LogP contribution in [0.5, 0.6) is 5.75 Å². The van der Waals surface area contributed by atoms with Crippen LogP contribution >= 0.6 is 12.2 Å². The molecule has 0 aliphatic carbocycles. The van der Waals surface area contributed by atoms with Crippen LogP contribution in [0.15, 0.2) is 18.2 Å². The van der Waals surface area contributed by atoms with Crippen LogP contribution in [0.3, 0.4) is 0 Å². The number of hydrogen-bond donors (Lipinski definition) is 1. The molecule has 1 saturated heterocycles. The van der Waals surface area contributed by atoms with Crippen molar-refractivity contribution < 1.29 is 13.2 Å². The van der Waals surface area contributed by atoms with Gasteiger partial charge in [-0.25, -0.2) is 8.42 Å². The Kier molecular flexibility index (Phi) is 2.95. The number of imidazole rings is 1. The van der Waals surface area contributed by atoms with Gasteiger partial charge in [0.2, 0.25) is 0 Å². The summed E-state index contributed by atoms with van der Waals surface area (Å²) < 4.78 is 31.4. The molecule has 1 atom stereocenters. The number of benzene rings is 1. The number of methoxy groups -OCH3 is 1. The lowest BCUT2D eigenvalue weighted by molar-refractivity contribution is 0.371. The Morgan fingerprint density at radius 3 is 2.80 bits per heavy atom. The molecule has 1 unspecified atom stereocenters. The minimum absolute atomic E-state index is 0.123. The molecule has 2 heterocycles. The van der Waals surface area contributed by atoms with E-state index in [1.165, 1.54) is 0 Å². The van der Waals surface area contributed by atoms with E-state index in [0.717, 1.165) is 16.8 Å². The number of aromatic nitrogens is 2. The molecule has 1 aliphatic heterocycles. The minimum Gasteiger partial charge on any atom is -0.497 e. The van der Waals surface area contributed by atoms with Gasteiger partial charge in [-0.3, -0.25) is 0 Å². The summed E-state index contributed by atoms with van der Waals surface area (Å²) in [6, 6.07) is 5.64. The number of nitrogens with one attached hydrogen (secondary N) is 1. The maximum atomic E-state index is 11.8. The zero-order chi connectivity index (χ0) is 14.5. The van der Waals surface area contributed by atoms with Gasteiger partial charge in [0.25, 0.3) is 0 Å². The van der Waals surface area contributed by atoms with E-state index in [0.29, 0.717) is 11.2 Å². The SMILES string of the molecule is COc1ccc2[nH]c(=S)n(C3(C)CCS(=O)(=O)C3)c2c1. The van der Waals surface area contributed by atoms with Gasteiger partial charge in [0.05, 0.1) is 35.2 Å². The van der Waals surface area contributed by atoms with Crippen LogP contribution in [0.2, 0.25) is 0 Å². The summed E-state index contributed by atoms with van der Waals surface area (Å²) in [5, 5.41) is 0. The zero-order valence-corrected chi connectivity index (χ0v) is 13.0. The smallest absolute Gasteiger partial charge is 0.178 e. The van der Waals surface area contributed by atoms with Gasteiger partial charge < -0.3 is 14.3 Å². The van der Waals surface area contributed by atoms with Gasteiger partial charge in [0, 0.05) is 6.07 Å². The highest BCUT2D eigenvalue weighted by atomic mass is 32.2. The molecule has 0 radical (unpaired) electrons. The van der Waals surface area contributed by atoms with Crippen LogP contribution in [0.1, 0.15) is 13.3 Å². The highest BCUT2D eigenvalue weighted by Crippen LogP contribution is 2.34.